The van der Waals surface area contributed by atoms with Crippen molar-refractivity contribution in [1.29, 1.82) is 0 Å². The van der Waals surface area contributed by atoms with E-state index in [2.05, 4.69) is 24.3 Å². The largest absolute Gasteiger partial charge is 0.199 e. The van der Waals surface area contributed by atoms with Gasteiger partial charge < -0.3 is 0 Å². The van der Waals surface area contributed by atoms with Crippen molar-refractivity contribution in [3.63, 3.8) is 0 Å². The molecule has 0 heterocycles. The quantitative estimate of drug-likeness (QED) is 0.494. The molecule has 2 bridgehead atoms. The van der Waals surface area contributed by atoms with Crippen LogP contribution in [-0.2, 0) is 0 Å². The number of nitrogens with zero attached hydrogens (tertiary/aromatic N) is 1. The summed E-state index contributed by atoms with van der Waals surface area (Å²) in [6, 6.07) is 0. The second kappa shape index (κ2) is 3.39. The molecule has 2 rings (SSSR count). The van der Waals surface area contributed by atoms with E-state index >= 15 is 0 Å². The van der Waals surface area contributed by atoms with Gasteiger partial charge in [-0.3, -0.25) is 0 Å². The zero-order chi connectivity index (χ0) is 8.27. The van der Waals surface area contributed by atoms with Crippen LogP contribution in [0.25, 0.3) is 0 Å². The minimum absolute atomic E-state index is 1.19. The van der Waals surface area contributed by atoms with Crippen molar-refractivity contribution >= 4 is 0 Å². The average molecular weight is 161 g/mol. The molecular formula is C7H6F3N. The summed E-state index contributed by atoms with van der Waals surface area (Å²) < 4.78 is 28.5. The zero-order valence-corrected chi connectivity index (χ0v) is 5.60. The third-order valence-corrected chi connectivity index (χ3v) is 1.43. The average Bonchev–Trinajstić information content (AvgIpc) is 2.45. The van der Waals surface area contributed by atoms with Crippen LogP contribution >= 0.6 is 0 Å². The lowest BCUT2D eigenvalue weighted by atomic mass is 10.3. The molecule has 0 aliphatic heterocycles. The van der Waals surface area contributed by atoms with Gasteiger partial charge in [0.2, 0.25) is 0 Å². The van der Waals surface area contributed by atoms with E-state index in [1.165, 1.54) is 17.6 Å². The van der Waals surface area contributed by atoms with Gasteiger partial charge in [0.05, 0.1) is 0 Å². The van der Waals surface area contributed by atoms with Crippen molar-refractivity contribution < 1.29 is 13.4 Å². The standard InChI is InChI=1S/C7H6.F3N/c1-2-7-4-3-6(1)5-7;1-4(2)3/h1-4H,5H2;. The highest BCUT2D eigenvalue weighted by atomic mass is 19.5. The first-order chi connectivity index (χ1) is 5.18. The van der Waals surface area contributed by atoms with E-state index in [1.807, 2.05) is 0 Å². The number of allylic oxidation sites excluding steroid dienone is 6. The summed E-state index contributed by atoms with van der Waals surface area (Å²) >= 11 is 0. The highest BCUT2D eigenvalue weighted by molar-refractivity contribution is 5.49. The van der Waals surface area contributed by atoms with E-state index in [0.717, 1.165) is 0 Å². The molecule has 0 saturated heterocycles. The molecule has 60 valence electrons. The van der Waals surface area contributed by atoms with Gasteiger partial charge in [0, 0.05) is 0 Å². The molecule has 0 saturated carbocycles. The minimum atomic E-state index is -2.50. The third-order valence-electron chi connectivity index (χ3n) is 1.43. The lowest BCUT2D eigenvalue weighted by molar-refractivity contribution is -0.295. The van der Waals surface area contributed by atoms with E-state index in [-0.39, 0.29) is 0 Å². The SMILES string of the molecule is C1=CC2=CC=C1C2.FN(F)F. The van der Waals surface area contributed by atoms with Gasteiger partial charge in [0.25, 0.3) is 0 Å². The number of halogens is 3. The maximum Gasteiger partial charge on any atom is 0.199 e. The number of rotatable bonds is 0. The summed E-state index contributed by atoms with van der Waals surface area (Å²) in [6.45, 7) is 0. The van der Waals surface area contributed by atoms with E-state index in [1.54, 1.807) is 0 Å². The Morgan fingerprint density at radius 3 is 1.45 bits per heavy atom. The summed E-state index contributed by atoms with van der Waals surface area (Å²) in [6.07, 6.45) is 9.90. The number of fused-ring (bicyclic) bond motifs is 2. The molecule has 0 fully saturated rings. The second-order valence-corrected chi connectivity index (χ2v) is 2.18. The molecule has 0 radical (unpaired) electrons. The maximum atomic E-state index is 9.50. The van der Waals surface area contributed by atoms with Crippen LogP contribution in [0.15, 0.2) is 35.5 Å². The first-order valence-electron chi connectivity index (χ1n) is 3.04. The first kappa shape index (κ1) is 8.07. The highest BCUT2D eigenvalue weighted by Gasteiger charge is 2.07. The van der Waals surface area contributed by atoms with Crippen molar-refractivity contribution in [2.24, 2.45) is 0 Å². The molecule has 1 nitrogen and oxygen atoms in total. The van der Waals surface area contributed by atoms with Gasteiger partial charge in [0.1, 0.15) is 0 Å². The topological polar surface area (TPSA) is 3.24 Å². The summed E-state index contributed by atoms with van der Waals surface area (Å²) in [5, 5.41) is 0. The van der Waals surface area contributed by atoms with Crippen LogP contribution in [0.2, 0.25) is 0 Å². The summed E-state index contributed by atoms with van der Waals surface area (Å²) in [5.74, 6) is 0. The zero-order valence-electron chi connectivity index (χ0n) is 5.60. The van der Waals surface area contributed by atoms with Crippen LogP contribution in [0.5, 0.6) is 0 Å². The summed E-state index contributed by atoms with van der Waals surface area (Å²) in [4.78, 5) is 0. The van der Waals surface area contributed by atoms with Crippen LogP contribution in [0, 0.1) is 0 Å². The third kappa shape index (κ3) is 2.59. The molecule has 2 aliphatic carbocycles. The van der Waals surface area contributed by atoms with Crippen LogP contribution < -0.4 is 0 Å². The highest BCUT2D eigenvalue weighted by Crippen LogP contribution is 2.27. The lowest BCUT2D eigenvalue weighted by Crippen LogP contribution is -1.72. The van der Waals surface area contributed by atoms with Crippen molar-refractivity contribution in [2.75, 3.05) is 0 Å². The normalized spacial score (nSPS) is 17.8. The van der Waals surface area contributed by atoms with Gasteiger partial charge in [-0.25, -0.2) is 0 Å². The molecule has 0 aromatic heterocycles. The summed E-state index contributed by atoms with van der Waals surface area (Å²) in [7, 11) is 0. The Balaban J connectivity index is 0.000000134. The van der Waals surface area contributed by atoms with Gasteiger partial charge in [-0.05, 0) is 17.6 Å². The number of hydrogen-bond donors (Lipinski definition) is 0. The molecule has 0 spiro atoms. The van der Waals surface area contributed by atoms with E-state index in [0.29, 0.717) is 0 Å². The fraction of sp³-hybridized carbons (Fsp3) is 0.143. The smallest absolute Gasteiger partial charge is 0.0662 e. The Hall–Kier alpha value is -1.03. The molecule has 0 atom stereocenters. The van der Waals surface area contributed by atoms with Crippen LogP contribution in [0.4, 0.5) is 13.4 Å². The lowest BCUT2D eigenvalue weighted by Gasteiger charge is -1.77. The van der Waals surface area contributed by atoms with E-state index in [4.69, 9.17) is 0 Å². The predicted octanol–water partition coefficient (Wildman–Crippen LogP) is 2.75. The van der Waals surface area contributed by atoms with Crippen molar-refractivity contribution in [3.8, 4) is 0 Å². The predicted molar refractivity (Wildman–Crippen MR) is 35.1 cm³/mol. The van der Waals surface area contributed by atoms with Gasteiger partial charge in [-0.2, -0.15) is 0 Å². The van der Waals surface area contributed by atoms with E-state index in [9.17, 15) is 13.4 Å². The van der Waals surface area contributed by atoms with Crippen LogP contribution in [0.1, 0.15) is 6.42 Å². The van der Waals surface area contributed by atoms with Gasteiger partial charge in [0.15, 0.2) is 5.57 Å². The molecule has 4 heteroatoms. The molecule has 0 unspecified atom stereocenters. The molecule has 0 amide bonds. The molecule has 11 heavy (non-hydrogen) atoms. The van der Waals surface area contributed by atoms with Crippen molar-refractivity contribution in [2.45, 2.75) is 6.42 Å². The van der Waals surface area contributed by atoms with Crippen LogP contribution in [0.3, 0.4) is 0 Å². The minimum Gasteiger partial charge on any atom is -0.0662 e. The first-order valence-corrected chi connectivity index (χ1v) is 3.04. The Morgan fingerprint density at radius 2 is 1.36 bits per heavy atom. The summed E-state index contributed by atoms with van der Waals surface area (Å²) in [5.41, 5.74) is 0.435. The van der Waals surface area contributed by atoms with Crippen molar-refractivity contribution in [3.05, 3.63) is 35.5 Å². The molecular weight excluding hydrogens is 155 g/mol. The monoisotopic (exact) mass is 161 g/mol. The van der Waals surface area contributed by atoms with Crippen molar-refractivity contribution in [1.82, 2.24) is 5.57 Å². The fourth-order valence-electron chi connectivity index (χ4n) is 1.01. The Kier molecular flexibility index (Phi) is 2.48. The number of hydrogen-bond acceptors (Lipinski definition) is 1. The molecule has 2 aliphatic rings. The van der Waals surface area contributed by atoms with E-state index < -0.39 is 5.57 Å². The Morgan fingerprint density at radius 1 is 1.00 bits per heavy atom. The molecule has 0 aromatic rings. The second-order valence-electron chi connectivity index (χ2n) is 2.18. The Labute approximate surface area is 61.9 Å². The Bertz CT molecular complexity index is 205. The van der Waals surface area contributed by atoms with Crippen LogP contribution in [-0.4, -0.2) is 5.57 Å². The molecule has 0 aromatic carbocycles. The fourth-order valence-corrected chi connectivity index (χ4v) is 1.01. The maximum absolute atomic E-state index is 9.50. The molecule has 0 N–H and O–H groups in total. The van der Waals surface area contributed by atoms with Gasteiger partial charge in [-0.1, -0.05) is 37.7 Å². The van der Waals surface area contributed by atoms with Gasteiger partial charge in [-0.15, -0.1) is 0 Å². The van der Waals surface area contributed by atoms with Gasteiger partial charge >= 0.3 is 0 Å².